The molecule has 1 aliphatic rings. The molecule has 1 saturated heterocycles. The molecule has 0 radical (unpaired) electrons. The van der Waals surface area contributed by atoms with Gasteiger partial charge in [0.1, 0.15) is 17.4 Å². The van der Waals surface area contributed by atoms with Crippen LogP contribution in [0.1, 0.15) is 30.0 Å². The first-order valence-electron chi connectivity index (χ1n) is 7.85. The summed E-state index contributed by atoms with van der Waals surface area (Å²) in [6.45, 7) is 1.56. The van der Waals surface area contributed by atoms with Gasteiger partial charge in [0, 0.05) is 13.2 Å². The maximum atomic E-state index is 13.8. The van der Waals surface area contributed by atoms with Crippen LogP contribution in [0.5, 0.6) is 0 Å². The second-order valence-electron chi connectivity index (χ2n) is 5.85. The molecule has 0 amide bonds. The Hall–Kier alpha value is -2.38. The second-order valence-corrected chi connectivity index (χ2v) is 5.85. The van der Waals surface area contributed by atoms with Crippen molar-refractivity contribution in [2.75, 3.05) is 18.5 Å². The molecule has 2 aromatic rings. The van der Waals surface area contributed by atoms with Gasteiger partial charge in [0.05, 0.1) is 11.7 Å². The number of nitrogens with zero attached hydrogens (tertiary/aromatic N) is 1. The lowest BCUT2D eigenvalue weighted by molar-refractivity contribution is 0.183. The van der Waals surface area contributed by atoms with Crippen molar-refractivity contribution in [3.63, 3.8) is 0 Å². The van der Waals surface area contributed by atoms with E-state index in [-0.39, 0.29) is 11.6 Å². The summed E-state index contributed by atoms with van der Waals surface area (Å²) in [4.78, 5) is 0. The molecule has 118 valence electrons. The quantitative estimate of drug-likeness (QED) is 0.896. The number of nitriles is 1. The third kappa shape index (κ3) is 3.69. The van der Waals surface area contributed by atoms with E-state index in [9.17, 15) is 9.65 Å². The molecule has 1 aliphatic heterocycles. The fourth-order valence-corrected chi connectivity index (χ4v) is 3.01. The van der Waals surface area contributed by atoms with Gasteiger partial charge in [-0.3, -0.25) is 0 Å². The first kappa shape index (κ1) is 15.5. The summed E-state index contributed by atoms with van der Waals surface area (Å²) in [5, 5.41) is 12.6. The molecule has 1 heterocycles. The largest absolute Gasteiger partial charge is 0.381 e. The molecular weight excluding hydrogens is 291 g/mol. The van der Waals surface area contributed by atoms with Crippen molar-refractivity contribution in [3.8, 4) is 6.07 Å². The average molecular weight is 310 g/mol. The minimum absolute atomic E-state index is 0.0248. The summed E-state index contributed by atoms with van der Waals surface area (Å²) in [6.07, 6.45) is 1.94. The van der Waals surface area contributed by atoms with Gasteiger partial charge in [0.2, 0.25) is 0 Å². The molecule has 2 aromatic carbocycles. The van der Waals surface area contributed by atoms with E-state index >= 15 is 0 Å². The third-order valence-electron chi connectivity index (χ3n) is 4.25. The maximum Gasteiger partial charge on any atom is 0.143 e. The van der Waals surface area contributed by atoms with Crippen LogP contribution < -0.4 is 5.32 Å². The van der Waals surface area contributed by atoms with E-state index < -0.39 is 5.82 Å². The summed E-state index contributed by atoms with van der Waals surface area (Å²) in [5.41, 5.74) is 1.74. The standard InChI is InChI=1S/C19H19FN2O/c20-17-7-4-8-18(16(17)12-21)22-19(11-14-9-10-23-13-14)15-5-2-1-3-6-15/h1-8,14,19,22H,9-11,13H2. The number of anilines is 1. The van der Waals surface area contributed by atoms with Gasteiger partial charge in [-0.15, -0.1) is 0 Å². The van der Waals surface area contributed by atoms with Gasteiger partial charge in [-0.2, -0.15) is 5.26 Å². The zero-order valence-electron chi connectivity index (χ0n) is 12.8. The monoisotopic (exact) mass is 310 g/mol. The van der Waals surface area contributed by atoms with E-state index in [4.69, 9.17) is 4.74 Å². The van der Waals surface area contributed by atoms with Crippen molar-refractivity contribution in [3.05, 3.63) is 65.5 Å². The number of nitrogens with one attached hydrogen (secondary N) is 1. The highest BCUT2D eigenvalue weighted by atomic mass is 19.1. The van der Waals surface area contributed by atoms with Gasteiger partial charge < -0.3 is 10.1 Å². The van der Waals surface area contributed by atoms with Gasteiger partial charge in [-0.05, 0) is 36.5 Å². The van der Waals surface area contributed by atoms with Crippen molar-refractivity contribution in [1.29, 1.82) is 5.26 Å². The molecule has 1 fully saturated rings. The molecule has 23 heavy (non-hydrogen) atoms. The first-order chi connectivity index (χ1) is 11.3. The van der Waals surface area contributed by atoms with Gasteiger partial charge in [0.15, 0.2) is 0 Å². The Labute approximate surface area is 135 Å². The van der Waals surface area contributed by atoms with E-state index in [1.165, 1.54) is 6.07 Å². The van der Waals surface area contributed by atoms with Gasteiger partial charge in [-0.1, -0.05) is 36.4 Å². The van der Waals surface area contributed by atoms with E-state index in [1.807, 2.05) is 24.3 Å². The number of benzene rings is 2. The number of halogens is 1. The Morgan fingerprint density at radius 3 is 2.74 bits per heavy atom. The number of hydrogen-bond donors (Lipinski definition) is 1. The predicted octanol–water partition coefficient (Wildman–Crippen LogP) is 4.28. The smallest absolute Gasteiger partial charge is 0.143 e. The summed E-state index contributed by atoms with van der Waals surface area (Å²) in [6, 6.07) is 16.7. The zero-order chi connectivity index (χ0) is 16.1. The van der Waals surface area contributed by atoms with E-state index in [0.29, 0.717) is 11.6 Å². The van der Waals surface area contributed by atoms with Crippen LogP contribution in [0.15, 0.2) is 48.5 Å². The molecule has 0 spiro atoms. The molecule has 4 heteroatoms. The molecule has 2 atom stereocenters. The fraction of sp³-hybridized carbons (Fsp3) is 0.316. The maximum absolute atomic E-state index is 13.8. The van der Waals surface area contributed by atoms with E-state index in [1.54, 1.807) is 12.1 Å². The van der Waals surface area contributed by atoms with Crippen LogP contribution >= 0.6 is 0 Å². The highest BCUT2D eigenvalue weighted by Crippen LogP contribution is 2.31. The summed E-state index contributed by atoms with van der Waals surface area (Å²) in [5.74, 6) is -0.0136. The summed E-state index contributed by atoms with van der Waals surface area (Å²) in [7, 11) is 0. The first-order valence-corrected chi connectivity index (χ1v) is 7.85. The highest BCUT2D eigenvalue weighted by molar-refractivity contribution is 5.59. The van der Waals surface area contributed by atoms with Crippen LogP contribution in [0.3, 0.4) is 0 Å². The molecule has 0 aliphatic carbocycles. The van der Waals surface area contributed by atoms with Crippen molar-refractivity contribution in [1.82, 2.24) is 0 Å². The van der Waals surface area contributed by atoms with Gasteiger partial charge in [-0.25, -0.2) is 4.39 Å². The van der Waals surface area contributed by atoms with E-state index in [0.717, 1.165) is 31.6 Å². The normalized spacial score (nSPS) is 18.3. The SMILES string of the molecule is N#Cc1c(F)cccc1NC(CC1CCOC1)c1ccccc1. The van der Waals surface area contributed by atoms with Crippen LogP contribution in [0.4, 0.5) is 10.1 Å². The zero-order valence-corrected chi connectivity index (χ0v) is 12.8. The molecule has 0 aromatic heterocycles. The Bertz CT molecular complexity index is 690. The minimum atomic E-state index is -0.492. The van der Waals surface area contributed by atoms with Crippen molar-refractivity contribution >= 4 is 5.69 Å². The van der Waals surface area contributed by atoms with Gasteiger partial charge in [0.25, 0.3) is 0 Å². The van der Waals surface area contributed by atoms with Crippen LogP contribution in [0, 0.1) is 23.1 Å². The van der Waals surface area contributed by atoms with Crippen LogP contribution in [0.2, 0.25) is 0 Å². The second kappa shape index (κ2) is 7.26. The topological polar surface area (TPSA) is 45.0 Å². The Morgan fingerprint density at radius 2 is 2.04 bits per heavy atom. The number of ether oxygens (including phenoxy) is 1. The number of hydrogen-bond acceptors (Lipinski definition) is 3. The Kier molecular flexibility index (Phi) is 4.89. The molecule has 0 saturated carbocycles. The Morgan fingerprint density at radius 1 is 1.22 bits per heavy atom. The van der Waals surface area contributed by atoms with Crippen LogP contribution in [-0.4, -0.2) is 13.2 Å². The summed E-state index contributed by atoms with van der Waals surface area (Å²) < 4.78 is 19.3. The molecule has 3 nitrogen and oxygen atoms in total. The molecular formula is C19H19FN2O. The summed E-state index contributed by atoms with van der Waals surface area (Å²) >= 11 is 0. The van der Waals surface area contributed by atoms with Crippen molar-refractivity contribution in [2.24, 2.45) is 5.92 Å². The average Bonchev–Trinajstić information content (AvgIpc) is 3.08. The number of rotatable bonds is 5. The lowest BCUT2D eigenvalue weighted by atomic mass is 9.93. The van der Waals surface area contributed by atoms with Crippen LogP contribution in [-0.2, 0) is 4.74 Å². The molecule has 3 rings (SSSR count). The lowest BCUT2D eigenvalue weighted by Crippen LogP contribution is -2.16. The van der Waals surface area contributed by atoms with Gasteiger partial charge >= 0.3 is 0 Å². The highest BCUT2D eigenvalue weighted by Gasteiger charge is 2.23. The minimum Gasteiger partial charge on any atom is -0.381 e. The Balaban J connectivity index is 1.87. The van der Waals surface area contributed by atoms with Crippen LogP contribution in [0.25, 0.3) is 0 Å². The predicted molar refractivity (Wildman–Crippen MR) is 87.5 cm³/mol. The molecule has 2 unspecified atom stereocenters. The molecule has 0 bridgehead atoms. The lowest BCUT2D eigenvalue weighted by Gasteiger charge is -2.23. The fourth-order valence-electron chi connectivity index (χ4n) is 3.01. The third-order valence-corrected chi connectivity index (χ3v) is 4.25. The van der Waals surface area contributed by atoms with E-state index in [2.05, 4.69) is 17.4 Å². The van der Waals surface area contributed by atoms with Crippen molar-refractivity contribution < 1.29 is 9.13 Å². The molecule has 1 N–H and O–H groups in total. The van der Waals surface area contributed by atoms with Crippen molar-refractivity contribution in [2.45, 2.75) is 18.9 Å².